The second-order valence-electron chi connectivity index (χ2n) is 2.91. The maximum Gasteiger partial charge on any atom is 0.197 e. The highest BCUT2D eigenvalue weighted by Crippen LogP contribution is 2.22. The summed E-state index contributed by atoms with van der Waals surface area (Å²) < 4.78 is 5.12. The zero-order valence-electron chi connectivity index (χ0n) is 7.82. The lowest BCUT2D eigenvalue weighted by molar-refractivity contribution is 0.415. The fourth-order valence-electron chi connectivity index (χ4n) is 1.27. The van der Waals surface area contributed by atoms with Gasteiger partial charge in [0, 0.05) is 5.56 Å². The number of hydrogen-bond acceptors (Lipinski definition) is 3. The summed E-state index contributed by atoms with van der Waals surface area (Å²) >= 11 is 0. The molecule has 0 radical (unpaired) electrons. The number of anilines is 1. The van der Waals surface area contributed by atoms with E-state index in [1.165, 1.54) is 0 Å². The van der Waals surface area contributed by atoms with Gasteiger partial charge in [-0.2, -0.15) is 0 Å². The van der Waals surface area contributed by atoms with Gasteiger partial charge in [-0.3, -0.25) is 0 Å². The first-order valence-electron chi connectivity index (χ1n) is 4.24. The molecule has 0 aliphatic carbocycles. The molecule has 14 heavy (non-hydrogen) atoms. The van der Waals surface area contributed by atoms with Gasteiger partial charge in [-0.1, -0.05) is 12.1 Å². The standard InChI is InChI=1S/C10H11N3O/c1-14-8-4-2-3-7(5-8)9-6-12-10(11)13-9/h2-6H,1H3,(H3,11,12,13). The van der Waals surface area contributed by atoms with Crippen molar-refractivity contribution in [1.29, 1.82) is 0 Å². The van der Waals surface area contributed by atoms with Gasteiger partial charge >= 0.3 is 0 Å². The highest BCUT2D eigenvalue weighted by molar-refractivity contribution is 5.61. The zero-order valence-corrected chi connectivity index (χ0v) is 7.82. The summed E-state index contributed by atoms with van der Waals surface area (Å²) in [7, 11) is 1.64. The third-order valence-corrected chi connectivity index (χ3v) is 1.98. The molecule has 0 bridgehead atoms. The minimum absolute atomic E-state index is 0.419. The average Bonchev–Trinajstić information content (AvgIpc) is 2.65. The first kappa shape index (κ1) is 8.62. The third-order valence-electron chi connectivity index (χ3n) is 1.98. The number of benzene rings is 1. The van der Waals surface area contributed by atoms with E-state index in [0.29, 0.717) is 5.95 Å². The van der Waals surface area contributed by atoms with Gasteiger partial charge in [-0.15, -0.1) is 0 Å². The van der Waals surface area contributed by atoms with Crippen LogP contribution in [0, 0.1) is 0 Å². The number of aromatic nitrogens is 2. The van der Waals surface area contributed by atoms with Crippen LogP contribution >= 0.6 is 0 Å². The van der Waals surface area contributed by atoms with E-state index in [1.54, 1.807) is 13.3 Å². The number of nitrogens with zero attached hydrogens (tertiary/aromatic N) is 1. The van der Waals surface area contributed by atoms with Crippen molar-refractivity contribution in [3.8, 4) is 17.0 Å². The molecular formula is C10H11N3O. The Hall–Kier alpha value is -1.97. The molecule has 0 spiro atoms. The van der Waals surface area contributed by atoms with E-state index in [4.69, 9.17) is 10.5 Å². The Bertz CT molecular complexity index is 436. The molecule has 2 aromatic rings. The minimum atomic E-state index is 0.419. The van der Waals surface area contributed by atoms with Gasteiger partial charge in [-0.05, 0) is 12.1 Å². The highest BCUT2D eigenvalue weighted by Gasteiger charge is 2.01. The molecule has 4 heteroatoms. The topological polar surface area (TPSA) is 63.9 Å². The van der Waals surface area contributed by atoms with E-state index in [1.807, 2.05) is 24.3 Å². The summed E-state index contributed by atoms with van der Waals surface area (Å²) in [4.78, 5) is 6.88. The second kappa shape index (κ2) is 3.41. The van der Waals surface area contributed by atoms with Crippen molar-refractivity contribution in [2.45, 2.75) is 0 Å². The van der Waals surface area contributed by atoms with E-state index in [2.05, 4.69) is 9.97 Å². The Kier molecular flexibility index (Phi) is 2.10. The normalized spacial score (nSPS) is 10.1. The highest BCUT2D eigenvalue weighted by atomic mass is 16.5. The van der Waals surface area contributed by atoms with E-state index in [9.17, 15) is 0 Å². The molecule has 0 aliphatic rings. The average molecular weight is 189 g/mol. The summed E-state index contributed by atoms with van der Waals surface area (Å²) in [5, 5.41) is 0. The van der Waals surface area contributed by atoms with E-state index < -0.39 is 0 Å². The van der Waals surface area contributed by atoms with Crippen LogP contribution in [-0.4, -0.2) is 17.1 Å². The maximum atomic E-state index is 5.49. The number of nitrogens with one attached hydrogen (secondary N) is 1. The van der Waals surface area contributed by atoms with Crippen molar-refractivity contribution < 1.29 is 4.74 Å². The monoisotopic (exact) mass is 189 g/mol. The molecule has 3 N–H and O–H groups in total. The summed E-state index contributed by atoms with van der Waals surface area (Å²) in [5.74, 6) is 1.23. The molecule has 2 rings (SSSR count). The summed E-state index contributed by atoms with van der Waals surface area (Å²) in [6.07, 6.45) is 1.70. The lowest BCUT2D eigenvalue weighted by Gasteiger charge is -2.01. The first-order chi connectivity index (χ1) is 6.79. The number of aromatic amines is 1. The van der Waals surface area contributed by atoms with Crippen LogP contribution in [0.15, 0.2) is 30.5 Å². The van der Waals surface area contributed by atoms with Gasteiger partial charge in [0.25, 0.3) is 0 Å². The van der Waals surface area contributed by atoms with Crippen LogP contribution in [0.5, 0.6) is 5.75 Å². The molecule has 1 aromatic heterocycles. The van der Waals surface area contributed by atoms with E-state index in [-0.39, 0.29) is 0 Å². The molecule has 0 saturated heterocycles. The molecule has 0 fully saturated rings. The zero-order chi connectivity index (χ0) is 9.97. The molecule has 0 unspecified atom stereocenters. The van der Waals surface area contributed by atoms with Gasteiger partial charge < -0.3 is 15.5 Å². The number of methoxy groups -OCH3 is 1. The lowest BCUT2D eigenvalue weighted by atomic mass is 10.1. The first-order valence-corrected chi connectivity index (χ1v) is 4.24. The Balaban J connectivity index is 2.41. The largest absolute Gasteiger partial charge is 0.497 e. The van der Waals surface area contributed by atoms with Crippen LogP contribution in [-0.2, 0) is 0 Å². The number of H-pyrrole nitrogens is 1. The van der Waals surface area contributed by atoms with Crippen molar-refractivity contribution in [2.24, 2.45) is 0 Å². The molecule has 0 atom stereocenters. The van der Waals surface area contributed by atoms with Crippen LogP contribution in [0.2, 0.25) is 0 Å². The molecule has 72 valence electrons. The van der Waals surface area contributed by atoms with Crippen LogP contribution < -0.4 is 10.5 Å². The van der Waals surface area contributed by atoms with Crippen molar-refractivity contribution >= 4 is 5.95 Å². The fraction of sp³-hybridized carbons (Fsp3) is 0.100. The fourth-order valence-corrected chi connectivity index (χ4v) is 1.27. The van der Waals surface area contributed by atoms with Crippen LogP contribution in [0.25, 0.3) is 11.3 Å². The molecule has 0 saturated carbocycles. The Morgan fingerprint density at radius 2 is 2.29 bits per heavy atom. The number of hydrogen-bond donors (Lipinski definition) is 2. The van der Waals surface area contributed by atoms with Gasteiger partial charge in [0.05, 0.1) is 19.0 Å². The number of rotatable bonds is 2. The van der Waals surface area contributed by atoms with E-state index in [0.717, 1.165) is 17.0 Å². The molecule has 1 aromatic carbocycles. The molecule has 0 amide bonds. The minimum Gasteiger partial charge on any atom is -0.497 e. The van der Waals surface area contributed by atoms with Crippen molar-refractivity contribution in [3.63, 3.8) is 0 Å². The summed E-state index contributed by atoms with van der Waals surface area (Å²) in [6.45, 7) is 0. The number of nitrogen functional groups attached to an aromatic ring is 1. The summed E-state index contributed by atoms with van der Waals surface area (Å²) in [6, 6.07) is 7.71. The Morgan fingerprint density at radius 1 is 1.43 bits per heavy atom. The number of ether oxygens (including phenoxy) is 1. The predicted molar refractivity (Wildman–Crippen MR) is 55.0 cm³/mol. The van der Waals surface area contributed by atoms with Gasteiger partial charge in [-0.25, -0.2) is 4.98 Å². The SMILES string of the molecule is COc1cccc(-c2cnc(N)[nH]2)c1. The van der Waals surface area contributed by atoms with E-state index >= 15 is 0 Å². The number of imidazole rings is 1. The third kappa shape index (κ3) is 1.54. The van der Waals surface area contributed by atoms with Crippen LogP contribution in [0.4, 0.5) is 5.95 Å². The quantitative estimate of drug-likeness (QED) is 0.755. The van der Waals surface area contributed by atoms with Crippen molar-refractivity contribution in [2.75, 3.05) is 12.8 Å². The van der Waals surface area contributed by atoms with Crippen molar-refractivity contribution in [1.82, 2.24) is 9.97 Å². The molecular weight excluding hydrogens is 178 g/mol. The molecule has 4 nitrogen and oxygen atoms in total. The summed E-state index contributed by atoms with van der Waals surface area (Å²) in [5.41, 5.74) is 7.39. The predicted octanol–water partition coefficient (Wildman–Crippen LogP) is 1.67. The smallest absolute Gasteiger partial charge is 0.197 e. The Labute approximate surface area is 81.7 Å². The van der Waals surface area contributed by atoms with Crippen LogP contribution in [0.1, 0.15) is 0 Å². The second-order valence-corrected chi connectivity index (χ2v) is 2.91. The van der Waals surface area contributed by atoms with Gasteiger partial charge in [0.2, 0.25) is 0 Å². The van der Waals surface area contributed by atoms with Crippen LogP contribution in [0.3, 0.4) is 0 Å². The number of nitrogens with two attached hydrogens (primary N) is 1. The Morgan fingerprint density at radius 3 is 2.93 bits per heavy atom. The maximum absolute atomic E-state index is 5.49. The van der Waals surface area contributed by atoms with Crippen molar-refractivity contribution in [3.05, 3.63) is 30.5 Å². The molecule has 1 heterocycles. The molecule has 0 aliphatic heterocycles. The lowest BCUT2D eigenvalue weighted by Crippen LogP contribution is -1.86. The van der Waals surface area contributed by atoms with Gasteiger partial charge in [0.15, 0.2) is 5.95 Å². The van der Waals surface area contributed by atoms with Gasteiger partial charge in [0.1, 0.15) is 5.75 Å².